The molecule has 0 spiro atoms. The molecule has 0 amide bonds. The van der Waals surface area contributed by atoms with E-state index in [1.54, 1.807) is 0 Å². The highest BCUT2D eigenvalue weighted by atomic mass is 19.4. The second kappa shape index (κ2) is 7.45. The maximum absolute atomic E-state index is 13.5. The third-order valence-corrected chi connectivity index (χ3v) is 4.02. The van der Waals surface area contributed by atoms with E-state index in [0.29, 0.717) is 5.69 Å². The predicted molar refractivity (Wildman–Crippen MR) is 97.6 cm³/mol. The summed E-state index contributed by atoms with van der Waals surface area (Å²) in [7, 11) is 0. The van der Waals surface area contributed by atoms with Gasteiger partial charge >= 0.3 is 12.5 Å². The smallest absolute Gasteiger partial charge is 0.406 e. The highest BCUT2D eigenvalue weighted by Gasteiger charge is 2.39. The number of hydrogen-bond acceptors (Lipinski definition) is 5. The van der Waals surface area contributed by atoms with Crippen LogP contribution >= 0.6 is 0 Å². The van der Waals surface area contributed by atoms with Crippen LogP contribution in [0.5, 0.6) is 5.75 Å². The van der Waals surface area contributed by atoms with Gasteiger partial charge in [0.15, 0.2) is 5.69 Å². The molecule has 4 aromatic rings. The fourth-order valence-electron chi connectivity index (χ4n) is 2.85. The number of nitrogens with one attached hydrogen (secondary N) is 1. The quantitative estimate of drug-likeness (QED) is 0.429. The van der Waals surface area contributed by atoms with Gasteiger partial charge in [-0.25, -0.2) is 15.0 Å². The Morgan fingerprint density at radius 1 is 0.871 bits per heavy atom. The van der Waals surface area contributed by atoms with Crippen molar-refractivity contribution < 1.29 is 31.1 Å². The van der Waals surface area contributed by atoms with Gasteiger partial charge in [-0.15, -0.1) is 13.2 Å². The molecule has 0 atom stereocenters. The molecule has 31 heavy (non-hydrogen) atoms. The Kier molecular flexibility index (Phi) is 4.91. The average Bonchev–Trinajstić information content (AvgIpc) is 3.09. The molecule has 0 radical (unpaired) electrons. The standard InChI is InChI=1S/C19H11F6N5O/c20-18(21,22)16-15(30-10-2-9-26-17(30)29-16)13-3-1-4-14(28-13)27-11-5-7-12(8-6-11)31-19(23,24)25/h1-10H,(H,27,28). The molecule has 0 saturated heterocycles. The van der Waals surface area contributed by atoms with Crippen molar-refractivity contribution >= 4 is 17.3 Å². The summed E-state index contributed by atoms with van der Waals surface area (Å²) in [4.78, 5) is 11.6. The van der Waals surface area contributed by atoms with Crippen LogP contribution in [0.4, 0.5) is 37.8 Å². The lowest BCUT2D eigenvalue weighted by Crippen LogP contribution is -2.16. The Morgan fingerprint density at radius 2 is 1.61 bits per heavy atom. The van der Waals surface area contributed by atoms with Crippen LogP contribution in [0.15, 0.2) is 60.9 Å². The Morgan fingerprint density at radius 3 is 2.29 bits per heavy atom. The fourth-order valence-corrected chi connectivity index (χ4v) is 2.85. The molecule has 6 nitrogen and oxygen atoms in total. The van der Waals surface area contributed by atoms with Crippen LogP contribution in [0.1, 0.15) is 5.69 Å². The van der Waals surface area contributed by atoms with Gasteiger partial charge in [-0.3, -0.25) is 4.40 Å². The van der Waals surface area contributed by atoms with E-state index in [2.05, 4.69) is 25.0 Å². The zero-order valence-electron chi connectivity index (χ0n) is 15.2. The summed E-state index contributed by atoms with van der Waals surface area (Å²) in [5.41, 5.74) is -1.08. The largest absolute Gasteiger partial charge is 0.573 e. The summed E-state index contributed by atoms with van der Waals surface area (Å²) in [5, 5.41) is 2.83. The fraction of sp³-hybridized carbons (Fsp3) is 0.105. The van der Waals surface area contributed by atoms with Crippen LogP contribution in [-0.2, 0) is 6.18 Å². The van der Waals surface area contributed by atoms with Gasteiger partial charge in [-0.05, 0) is 42.5 Å². The first-order chi connectivity index (χ1) is 14.6. The lowest BCUT2D eigenvalue weighted by Gasteiger charge is -2.11. The summed E-state index contributed by atoms with van der Waals surface area (Å²) < 4.78 is 82.3. The van der Waals surface area contributed by atoms with Gasteiger partial charge in [0.2, 0.25) is 5.78 Å². The predicted octanol–water partition coefficient (Wildman–Crippen LogP) is 5.45. The Labute approximate surface area is 170 Å². The number of nitrogens with zero attached hydrogens (tertiary/aromatic N) is 4. The second-order valence-electron chi connectivity index (χ2n) is 6.20. The van der Waals surface area contributed by atoms with Crippen molar-refractivity contribution in [1.82, 2.24) is 19.4 Å². The van der Waals surface area contributed by atoms with Gasteiger partial charge in [-0.2, -0.15) is 13.2 Å². The number of imidazole rings is 1. The molecule has 0 saturated carbocycles. The van der Waals surface area contributed by atoms with E-state index in [0.717, 1.165) is 12.1 Å². The van der Waals surface area contributed by atoms with E-state index in [9.17, 15) is 26.3 Å². The van der Waals surface area contributed by atoms with Gasteiger partial charge in [0, 0.05) is 18.1 Å². The average molecular weight is 439 g/mol. The Balaban J connectivity index is 1.67. The second-order valence-corrected chi connectivity index (χ2v) is 6.20. The van der Waals surface area contributed by atoms with Crippen molar-refractivity contribution in [3.05, 3.63) is 66.6 Å². The van der Waals surface area contributed by atoms with E-state index in [1.807, 2.05) is 0 Å². The molecule has 160 valence electrons. The maximum atomic E-state index is 13.5. The van der Waals surface area contributed by atoms with Crippen molar-refractivity contribution in [3.8, 4) is 17.1 Å². The topological polar surface area (TPSA) is 64.3 Å². The number of hydrogen-bond donors (Lipinski definition) is 1. The van der Waals surface area contributed by atoms with E-state index >= 15 is 0 Å². The van der Waals surface area contributed by atoms with Crippen LogP contribution in [0, 0.1) is 0 Å². The van der Waals surface area contributed by atoms with Crippen LogP contribution in [0.25, 0.3) is 17.2 Å². The maximum Gasteiger partial charge on any atom is 0.573 e. The van der Waals surface area contributed by atoms with Crippen molar-refractivity contribution in [3.63, 3.8) is 0 Å². The number of anilines is 2. The van der Waals surface area contributed by atoms with Gasteiger partial charge in [0.25, 0.3) is 0 Å². The molecule has 1 aromatic carbocycles. The van der Waals surface area contributed by atoms with Crippen LogP contribution in [0.2, 0.25) is 0 Å². The first-order valence-electron chi connectivity index (χ1n) is 8.61. The highest BCUT2D eigenvalue weighted by Crippen LogP contribution is 2.36. The minimum Gasteiger partial charge on any atom is -0.406 e. The molecule has 3 heterocycles. The Bertz CT molecular complexity index is 1220. The van der Waals surface area contributed by atoms with Gasteiger partial charge in [0.05, 0.1) is 5.69 Å². The molecule has 0 aliphatic heterocycles. The van der Waals surface area contributed by atoms with Crippen molar-refractivity contribution in [1.29, 1.82) is 0 Å². The first-order valence-corrected chi connectivity index (χ1v) is 8.61. The summed E-state index contributed by atoms with van der Waals surface area (Å²) in [6, 6.07) is 10.7. The minimum absolute atomic E-state index is 0.0187. The third-order valence-electron chi connectivity index (χ3n) is 4.02. The number of benzene rings is 1. The van der Waals surface area contributed by atoms with E-state index < -0.39 is 24.0 Å². The molecule has 0 aliphatic carbocycles. The van der Waals surface area contributed by atoms with E-state index in [4.69, 9.17) is 0 Å². The summed E-state index contributed by atoms with van der Waals surface area (Å²) in [6.45, 7) is 0. The van der Waals surface area contributed by atoms with E-state index in [-0.39, 0.29) is 23.0 Å². The van der Waals surface area contributed by atoms with Gasteiger partial charge in [-0.1, -0.05) is 6.07 Å². The highest BCUT2D eigenvalue weighted by molar-refractivity contribution is 5.66. The van der Waals surface area contributed by atoms with E-state index in [1.165, 1.54) is 53.2 Å². The van der Waals surface area contributed by atoms with Crippen LogP contribution in [-0.4, -0.2) is 25.7 Å². The molecular weight excluding hydrogens is 428 g/mol. The summed E-state index contributed by atoms with van der Waals surface area (Å²) in [5.74, 6) is -0.369. The number of pyridine rings is 1. The molecule has 4 rings (SSSR count). The number of aromatic nitrogens is 4. The lowest BCUT2D eigenvalue weighted by molar-refractivity contribution is -0.274. The monoisotopic (exact) mass is 439 g/mol. The molecule has 3 aromatic heterocycles. The lowest BCUT2D eigenvalue weighted by atomic mass is 10.2. The van der Waals surface area contributed by atoms with Crippen LogP contribution in [0.3, 0.4) is 0 Å². The SMILES string of the molecule is FC(F)(F)Oc1ccc(Nc2cccc(-c3c(C(F)(F)F)nc4ncccn34)n2)cc1. The first kappa shape index (κ1) is 20.4. The number of rotatable bonds is 4. The Hall–Kier alpha value is -3.83. The minimum atomic E-state index is -4.82. The van der Waals surface area contributed by atoms with Crippen molar-refractivity contribution in [2.24, 2.45) is 0 Å². The number of alkyl halides is 6. The van der Waals surface area contributed by atoms with Gasteiger partial charge in [0.1, 0.15) is 17.3 Å². The van der Waals surface area contributed by atoms with Crippen molar-refractivity contribution in [2.75, 3.05) is 5.32 Å². The molecule has 0 fully saturated rings. The molecule has 1 N–H and O–H groups in total. The summed E-state index contributed by atoms with van der Waals surface area (Å²) in [6.07, 6.45) is -6.84. The molecular formula is C19H11F6N5O. The molecule has 12 heteroatoms. The third kappa shape index (κ3) is 4.52. The molecule has 0 bridgehead atoms. The van der Waals surface area contributed by atoms with Crippen molar-refractivity contribution in [2.45, 2.75) is 12.5 Å². The normalized spacial score (nSPS) is 12.2. The molecule has 0 unspecified atom stereocenters. The zero-order valence-corrected chi connectivity index (χ0v) is 15.2. The number of fused-ring (bicyclic) bond motifs is 1. The van der Waals surface area contributed by atoms with Gasteiger partial charge < -0.3 is 10.1 Å². The zero-order chi connectivity index (χ0) is 22.2. The number of halogens is 6. The number of ether oxygens (including phenoxy) is 1. The summed E-state index contributed by atoms with van der Waals surface area (Å²) >= 11 is 0. The van der Waals surface area contributed by atoms with Crippen LogP contribution < -0.4 is 10.1 Å². The molecule has 0 aliphatic rings.